The Balaban J connectivity index is 1.21. The predicted octanol–water partition coefficient (Wildman–Crippen LogP) is 6.65. The zero-order chi connectivity index (χ0) is 32.5. The lowest BCUT2D eigenvalue weighted by atomic mass is 9.90. The van der Waals surface area contributed by atoms with Gasteiger partial charge in [-0.15, -0.1) is 0 Å². The maximum absolute atomic E-state index is 14.1. The lowest BCUT2D eigenvalue weighted by molar-refractivity contribution is -0.276. The van der Waals surface area contributed by atoms with Gasteiger partial charge in [-0.1, -0.05) is 67.6 Å². The number of ether oxygens (including phenoxy) is 2. The highest BCUT2D eigenvalue weighted by molar-refractivity contribution is 5.94. The summed E-state index contributed by atoms with van der Waals surface area (Å²) in [5.74, 6) is -12.7. The van der Waals surface area contributed by atoms with Crippen LogP contribution in [0, 0.1) is 35.0 Å². The molecule has 0 spiro atoms. The molecule has 1 aromatic heterocycles. The SMILES string of the molecule is C[C@H]1[C@@H](Cn2cnc3ccccc32)O[C@@H](c2ccc(CNC(=O)c3c(F)c(F)c(F)c(F)c3F)cc2)O[C@H]1c1ccc(CO)cc1. The first-order chi connectivity index (χ1) is 22.2. The van der Waals surface area contributed by atoms with Gasteiger partial charge in [0.15, 0.2) is 29.6 Å². The number of halogens is 5. The van der Waals surface area contributed by atoms with Crippen molar-refractivity contribution in [3.8, 4) is 0 Å². The maximum atomic E-state index is 14.1. The van der Waals surface area contributed by atoms with Crippen LogP contribution in [0.4, 0.5) is 22.0 Å². The second-order valence-corrected chi connectivity index (χ2v) is 11.1. The minimum atomic E-state index is -2.34. The van der Waals surface area contributed by atoms with E-state index in [1.807, 2.05) is 60.0 Å². The number of hydrogen-bond acceptors (Lipinski definition) is 5. The molecule has 1 aliphatic rings. The Kier molecular flexibility index (Phi) is 8.85. The van der Waals surface area contributed by atoms with E-state index in [9.17, 15) is 31.9 Å². The molecule has 1 aliphatic heterocycles. The maximum Gasteiger partial charge on any atom is 0.257 e. The second kappa shape index (κ2) is 13.0. The van der Waals surface area contributed by atoms with Gasteiger partial charge in [0, 0.05) is 18.0 Å². The van der Waals surface area contributed by atoms with Crippen molar-refractivity contribution in [1.82, 2.24) is 14.9 Å². The van der Waals surface area contributed by atoms with Gasteiger partial charge in [0.2, 0.25) is 5.82 Å². The summed E-state index contributed by atoms with van der Waals surface area (Å²) < 4.78 is 83.6. The molecule has 1 fully saturated rings. The van der Waals surface area contributed by atoms with Crippen LogP contribution in [0.3, 0.4) is 0 Å². The highest BCUT2D eigenvalue weighted by atomic mass is 19.2. The second-order valence-electron chi connectivity index (χ2n) is 11.1. The Labute approximate surface area is 260 Å². The molecule has 12 heteroatoms. The quantitative estimate of drug-likeness (QED) is 0.113. The van der Waals surface area contributed by atoms with Gasteiger partial charge in [-0.2, -0.15) is 0 Å². The van der Waals surface area contributed by atoms with Crippen molar-refractivity contribution in [3.05, 3.63) is 136 Å². The molecule has 0 bridgehead atoms. The van der Waals surface area contributed by atoms with Gasteiger partial charge < -0.3 is 24.5 Å². The molecule has 6 rings (SSSR count). The van der Waals surface area contributed by atoms with Crippen molar-refractivity contribution in [1.29, 1.82) is 0 Å². The van der Waals surface area contributed by atoms with E-state index in [2.05, 4.69) is 10.3 Å². The average molecular weight is 638 g/mol. The Morgan fingerprint density at radius 1 is 0.826 bits per heavy atom. The van der Waals surface area contributed by atoms with Gasteiger partial charge >= 0.3 is 0 Å². The standard InChI is InChI=1S/C34H28F5N3O4/c1-18-25(15-42-17-41-23-4-2-3-5-24(23)42)45-34(46-32(18)21-10-8-20(16-43)9-11-21)22-12-6-19(7-13-22)14-40-33(44)26-27(35)29(37)31(39)30(38)28(26)36/h2-13,17-18,25,32,34,43H,14-16H2,1H3,(H,40,44)/t18-,25+,32+,34+/m0/s1. The zero-order valence-corrected chi connectivity index (χ0v) is 24.4. The van der Waals surface area contributed by atoms with Gasteiger partial charge in [-0.05, 0) is 28.8 Å². The summed E-state index contributed by atoms with van der Waals surface area (Å²) in [7, 11) is 0. The first-order valence-corrected chi connectivity index (χ1v) is 14.4. The van der Waals surface area contributed by atoms with E-state index in [4.69, 9.17) is 9.47 Å². The monoisotopic (exact) mass is 637 g/mol. The van der Waals surface area contributed by atoms with Crippen LogP contribution in [-0.4, -0.2) is 26.7 Å². The van der Waals surface area contributed by atoms with Crippen molar-refractivity contribution >= 4 is 16.9 Å². The van der Waals surface area contributed by atoms with Crippen molar-refractivity contribution < 1.29 is 41.3 Å². The largest absolute Gasteiger partial charge is 0.392 e. The number of benzene rings is 4. The smallest absolute Gasteiger partial charge is 0.257 e. The van der Waals surface area contributed by atoms with Crippen LogP contribution in [0.15, 0.2) is 79.1 Å². The third kappa shape index (κ3) is 5.98. The predicted molar refractivity (Wildman–Crippen MR) is 157 cm³/mol. The number of imidazole rings is 1. The van der Waals surface area contributed by atoms with Gasteiger partial charge in [0.1, 0.15) is 5.56 Å². The molecule has 2 N–H and O–H groups in total. The van der Waals surface area contributed by atoms with Crippen LogP contribution in [0.25, 0.3) is 11.0 Å². The van der Waals surface area contributed by atoms with E-state index in [0.717, 1.165) is 22.2 Å². The number of aliphatic hydroxyl groups excluding tert-OH is 1. The molecular weight excluding hydrogens is 609 g/mol. The first kappa shape index (κ1) is 31.3. The summed E-state index contributed by atoms with van der Waals surface area (Å²) in [4.78, 5) is 16.9. The fourth-order valence-corrected chi connectivity index (χ4v) is 5.55. The summed E-state index contributed by atoms with van der Waals surface area (Å²) in [6, 6.07) is 21.9. The van der Waals surface area contributed by atoms with E-state index in [1.165, 1.54) is 0 Å². The molecule has 5 aromatic rings. The zero-order valence-electron chi connectivity index (χ0n) is 24.4. The van der Waals surface area contributed by atoms with Crippen molar-refractivity contribution in [2.24, 2.45) is 5.92 Å². The molecule has 0 radical (unpaired) electrons. The Morgan fingerprint density at radius 3 is 2.11 bits per heavy atom. The Hall–Kier alpha value is -4.65. The van der Waals surface area contributed by atoms with Crippen LogP contribution in [0.2, 0.25) is 0 Å². The van der Waals surface area contributed by atoms with E-state index in [1.54, 1.807) is 30.6 Å². The van der Waals surface area contributed by atoms with Gasteiger partial charge in [0.25, 0.3) is 5.91 Å². The molecular formula is C34H28F5N3O4. The van der Waals surface area contributed by atoms with Crippen LogP contribution in [-0.2, 0) is 29.2 Å². The minimum Gasteiger partial charge on any atom is -0.392 e. The number of hydrogen-bond donors (Lipinski definition) is 2. The van der Waals surface area contributed by atoms with Crippen LogP contribution in [0.5, 0.6) is 0 Å². The molecule has 4 aromatic carbocycles. The van der Waals surface area contributed by atoms with E-state index in [0.29, 0.717) is 17.7 Å². The molecule has 7 nitrogen and oxygen atoms in total. The molecule has 2 heterocycles. The fourth-order valence-electron chi connectivity index (χ4n) is 5.55. The summed E-state index contributed by atoms with van der Waals surface area (Å²) in [5, 5.41) is 11.7. The fraction of sp³-hybridized carbons (Fsp3) is 0.235. The van der Waals surface area contributed by atoms with E-state index in [-0.39, 0.29) is 31.3 Å². The first-order valence-electron chi connectivity index (χ1n) is 14.4. The van der Waals surface area contributed by atoms with Crippen LogP contribution < -0.4 is 5.32 Å². The highest BCUT2D eigenvalue weighted by Crippen LogP contribution is 2.42. The number of amides is 1. The number of nitrogens with zero attached hydrogens (tertiary/aromatic N) is 2. The topological polar surface area (TPSA) is 85.6 Å². The lowest BCUT2D eigenvalue weighted by Crippen LogP contribution is -2.39. The molecule has 46 heavy (non-hydrogen) atoms. The van der Waals surface area contributed by atoms with E-state index < -0.39 is 46.8 Å². The van der Waals surface area contributed by atoms with Crippen LogP contribution in [0.1, 0.15) is 51.9 Å². The molecule has 0 aliphatic carbocycles. The van der Waals surface area contributed by atoms with Gasteiger partial charge in [-0.3, -0.25) is 4.79 Å². The number of para-hydroxylation sites is 2. The summed E-state index contributed by atoms with van der Waals surface area (Å²) >= 11 is 0. The number of fused-ring (bicyclic) bond motifs is 1. The van der Waals surface area contributed by atoms with E-state index >= 15 is 0 Å². The third-order valence-corrected chi connectivity index (χ3v) is 8.17. The molecule has 4 atom stereocenters. The van der Waals surface area contributed by atoms with Crippen molar-refractivity contribution in [2.45, 2.75) is 45.1 Å². The number of rotatable bonds is 8. The minimum absolute atomic E-state index is 0.0855. The van der Waals surface area contributed by atoms with Gasteiger partial charge in [0.05, 0.1) is 42.7 Å². The number of aliphatic hydroxyl groups is 1. The Morgan fingerprint density at radius 2 is 1.43 bits per heavy atom. The number of carbonyl (C=O) groups is 1. The lowest BCUT2D eigenvalue weighted by Gasteiger charge is -2.41. The van der Waals surface area contributed by atoms with Crippen molar-refractivity contribution in [2.75, 3.05) is 0 Å². The highest BCUT2D eigenvalue weighted by Gasteiger charge is 2.39. The van der Waals surface area contributed by atoms with Gasteiger partial charge in [-0.25, -0.2) is 26.9 Å². The number of nitrogens with one attached hydrogen (secondary N) is 1. The molecule has 0 unspecified atom stereocenters. The normalized spacial score (nSPS) is 19.8. The Bertz CT molecular complexity index is 1850. The number of aromatic nitrogens is 2. The summed E-state index contributed by atoms with van der Waals surface area (Å²) in [5.41, 5.74) is 3.08. The molecule has 0 saturated carbocycles. The molecule has 1 saturated heterocycles. The molecule has 238 valence electrons. The van der Waals surface area contributed by atoms with Crippen molar-refractivity contribution in [3.63, 3.8) is 0 Å². The molecule has 1 amide bonds. The summed E-state index contributed by atoms with van der Waals surface area (Å²) in [6.07, 6.45) is 0.299. The average Bonchev–Trinajstić information content (AvgIpc) is 3.49. The summed E-state index contributed by atoms with van der Waals surface area (Å²) in [6.45, 7) is 2.20. The third-order valence-electron chi connectivity index (χ3n) is 8.17. The van der Waals surface area contributed by atoms with Crippen LogP contribution >= 0.6 is 0 Å². The number of carbonyl (C=O) groups excluding carboxylic acids is 1.